The molecule has 0 radical (unpaired) electrons. The van der Waals surface area contributed by atoms with Gasteiger partial charge in [-0.15, -0.1) is 11.3 Å². The number of aryl methyl sites for hydroxylation is 1. The number of thiazole rings is 1. The zero-order chi connectivity index (χ0) is 19.7. The van der Waals surface area contributed by atoms with Gasteiger partial charge in [-0.1, -0.05) is 42.0 Å². The number of nitrogens with zero attached hydrogens (tertiary/aromatic N) is 2. The van der Waals surface area contributed by atoms with Gasteiger partial charge in [0.2, 0.25) is 5.91 Å². The van der Waals surface area contributed by atoms with Crippen molar-refractivity contribution in [2.45, 2.75) is 13.3 Å². The van der Waals surface area contributed by atoms with Gasteiger partial charge < -0.3 is 4.98 Å². The smallest absolute Gasteiger partial charge is 0.270 e. The van der Waals surface area contributed by atoms with E-state index in [1.807, 2.05) is 48.7 Å². The summed E-state index contributed by atoms with van der Waals surface area (Å²) >= 11 is 6.72. The second-order valence-corrected chi connectivity index (χ2v) is 7.83. The summed E-state index contributed by atoms with van der Waals surface area (Å²) in [4.78, 5) is 31.9. The molecule has 0 bridgehead atoms. The van der Waals surface area contributed by atoms with Crippen molar-refractivity contribution in [2.24, 2.45) is 0 Å². The van der Waals surface area contributed by atoms with E-state index in [9.17, 15) is 9.59 Å². The standard InChI is InChI=1S/C20H16N4O2S2/c1-12-6-8-13(9-7-12)17-11-28-20(27)24(17)23-18(25)10-16-19(26)22-15-5-3-2-4-14(15)21-16/h2-9,11H,10H2,1H3,(H,22,26)(H,23,25). The Hall–Kier alpha value is -3.10. The van der Waals surface area contributed by atoms with Crippen LogP contribution in [0.4, 0.5) is 0 Å². The van der Waals surface area contributed by atoms with Gasteiger partial charge >= 0.3 is 0 Å². The molecule has 8 heteroatoms. The SMILES string of the molecule is Cc1ccc(-c2csc(=S)n2NC(=O)Cc2nc3ccccc3[nH]c2=O)cc1. The number of carbonyl (C=O) groups is 1. The molecule has 2 aromatic carbocycles. The van der Waals surface area contributed by atoms with Crippen LogP contribution in [0.1, 0.15) is 11.3 Å². The molecular formula is C20H16N4O2S2. The van der Waals surface area contributed by atoms with Gasteiger partial charge in [-0.05, 0) is 31.3 Å². The molecule has 2 N–H and O–H groups in total. The number of fused-ring (bicyclic) bond motifs is 1. The van der Waals surface area contributed by atoms with Crippen molar-refractivity contribution in [1.29, 1.82) is 0 Å². The maximum atomic E-state index is 12.6. The molecule has 0 aliphatic carbocycles. The monoisotopic (exact) mass is 408 g/mol. The lowest BCUT2D eigenvalue weighted by Crippen LogP contribution is -2.28. The van der Waals surface area contributed by atoms with Crippen molar-refractivity contribution in [3.05, 3.63) is 79.5 Å². The molecule has 2 heterocycles. The van der Waals surface area contributed by atoms with Crippen molar-refractivity contribution < 1.29 is 4.79 Å². The van der Waals surface area contributed by atoms with Gasteiger partial charge in [-0.25, -0.2) is 9.66 Å². The van der Waals surface area contributed by atoms with Crippen LogP contribution < -0.4 is 11.0 Å². The topological polar surface area (TPSA) is 79.8 Å². The van der Waals surface area contributed by atoms with Gasteiger partial charge in [0, 0.05) is 10.9 Å². The fraction of sp³-hybridized carbons (Fsp3) is 0.100. The first kappa shape index (κ1) is 18.3. The van der Waals surface area contributed by atoms with Gasteiger partial charge in [-0.2, -0.15) is 0 Å². The predicted molar refractivity (Wildman–Crippen MR) is 114 cm³/mol. The number of nitrogens with one attached hydrogen (secondary N) is 2. The van der Waals surface area contributed by atoms with Crippen LogP contribution in [0.3, 0.4) is 0 Å². The zero-order valence-electron chi connectivity index (χ0n) is 14.9. The Balaban J connectivity index is 1.61. The molecule has 4 rings (SSSR count). The zero-order valence-corrected chi connectivity index (χ0v) is 16.6. The molecule has 0 aliphatic rings. The van der Waals surface area contributed by atoms with E-state index in [4.69, 9.17) is 12.2 Å². The highest BCUT2D eigenvalue weighted by atomic mass is 32.1. The molecule has 2 aromatic heterocycles. The van der Waals surface area contributed by atoms with Crippen molar-refractivity contribution >= 4 is 40.5 Å². The van der Waals surface area contributed by atoms with Crippen molar-refractivity contribution in [3.63, 3.8) is 0 Å². The summed E-state index contributed by atoms with van der Waals surface area (Å²) < 4.78 is 2.09. The van der Waals surface area contributed by atoms with Crippen LogP contribution in [0, 0.1) is 10.9 Å². The van der Waals surface area contributed by atoms with Crippen LogP contribution in [-0.2, 0) is 11.2 Å². The Kier molecular flexibility index (Phi) is 4.89. The molecule has 0 saturated carbocycles. The maximum absolute atomic E-state index is 12.6. The van der Waals surface area contributed by atoms with E-state index in [0.29, 0.717) is 15.0 Å². The number of carbonyl (C=O) groups excluding carboxylic acids is 1. The summed E-state index contributed by atoms with van der Waals surface area (Å²) in [7, 11) is 0. The minimum absolute atomic E-state index is 0.148. The number of aromatic amines is 1. The van der Waals surface area contributed by atoms with E-state index >= 15 is 0 Å². The Morgan fingerprint density at radius 1 is 1.21 bits per heavy atom. The summed E-state index contributed by atoms with van der Waals surface area (Å²) in [5.41, 5.74) is 6.74. The molecule has 0 fully saturated rings. The number of aromatic nitrogens is 3. The van der Waals surface area contributed by atoms with Gasteiger partial charge in [-0.3, -0.25) is 15.0 Å². The summed E-state index contributed by atoms with van der Waals surface area (Å²) in [5, 5.41) is 1.90. The molecule has 140 valence electrons. The average Bonchev–Trinajstić information content (AvgIpc) is 3.03. The van der Waals surface area contributed by atoms with E-state index < -0.39 is 0 Å². The second kappa shape index (κ2) is 7.49. The number of amides is 1. The minimum Gasteiger partial charge on any atom is -0.319 e. The van der Waals surface area contributed by atoms with Crippen molar-refractivity contribution in [3.8, 4) is 11.3 Å². The van der Waals surface area contributed by atoms with E-state index in [1.165, 1.54) is 11.3 Å². The first-order chi connectivity index (χ1) is 13.5. The third-order valence-corrected chi connectivity index (χ3v) is 5.47. The molecule has 6 nitrogen and oxygen atoms in total. The summed E-state index contributed by atoms with van der Waals surface area (Å²) in [5.74, 6) is -0.365. The third-order valence-electron chi connectivity index (χ3n) is 4.28. The van der Waals surface area contributed by atoms with E-state index in [2.05, 4.69) is 15.4 Å². The van der Waals surface area contributed by atoms with Gasteiger partial charge in [0.1, 0.15) is 5.69 Å². The van der Waals surface area contributed by atoms with Crippen LogP contribution in [0.15, 0.2) is 58.7 Å². The van der Waals surface area contributed by atoms with Crippen LogP contribution in [-0.4, -0.2) is 20.6 Å². The molecule has 0 atom stereocenters. The summed E-state index contributed by atoms with van der Waals surface area (Å²) in [6, 6.07) is 15.2. The lowest BCUT2D eigenvalue weighted by atomic mass is 10.1. The fourth-order valence-electron chi connectivity index (χ4n) is 2.84. The van der Waals surface area contributed by atoms with E-state index in [0.717, 1.165) is 16.8 Å². The van der Waals surface area contributed by atoms with Crippen LogP contribution in [0.25, 0.3) is 22.3 Å². The maximum Gasteiger partial charge on any atom is 0.270 e. The van der Waals surface area contributed by atoms with Gasteiger partial charge in [0.05, 0.1) is 23.1 Å². The lowest BCUT2D eigenvalue weighted by Gasteiger charge is -2.11. The van der Waals surface area contributed by atoms with Crippen LogP contribution >= 0.6 is 23.6 Å². The Morgan fingerprint density at radius 3 is 2.75 bits per heavy atom. The number of rotatable bonds is 4. The van der Waals surface area contributed by atoms with Gasteiger partial charge in [0.25, 0.3) is 5.56 Å². The van der Waals surface area contributed by atoms with Crippen molar-refractivity contribution in [2.75, 3.05) is 5.43 Å². The molecule has 1 amide bonds. The minimum atomic E-state index is -0.374. The van der Waals surface area contributed by atoms with Gasteiger partial charge in [0.15, 0.2) is 3.95 Å². The summed E-state index contributed by atoms with van der Waals surface area (Å²) in [6.45, 7) is 2.01. The molecular weight excluding hydrogens is 392 g/mol. The Bertz CT molecular complexity index is 1290. The number of para-hydroxylation sites is 2. The molecule has 0 unspecified atom stereocenters. The first-order valence-electron chi connectivity index (χ1n) is 8.56. The molecule has 0 aliphatic heterocycles. The number of benzene rings is 2. The Morgan fingerprint density at radius 2 is 1.96 bits per heavy atom. The highest BCUT2D eigenvalue weighted by Crippen LogP contribution is 2.23. The Labute approximate surface area is 169 Å². The predicted octanol–water partition coefficient (Wildman–Crippen LogP) is 3.80. The summed E-state index contributed by atoms with van der Waals surface area (Å²) in [6.07, 6.45) is -0.148. The number of hydrogen-bond donors (Lipinski definition) is 2. The highest BCUT2D eigenvalue weighted by Gasteiger charge is 2.14. The second-order valence-electron chi connectivity index (χ2n) is 6.33. The molecule has 0 saturated heterocycles. The highest BCUT2D eigenvalue weighted by molar-refractivity contribution is 7.73. The normalized spacial score (nSPS) is 10.9. The number of H-pyrrole nitrogens is 1. The quantitative estimate of drug-likeness (QED) is 0.503. The van der Waals surface area contributed by atoms with Crippen LogP contribution in [0.5, 0.6) is 0 Å². The fourth-order valence-corrected chi connectivity index (χ4v) is 3.83. The molecule has 4 aromatic rings. The van der Waals surface area contributed by atoms with E-state index in [-0.39, 0.29) is 23.6 Å². The largest absolute Gasteiger partial charge is 0.319 e. The van der Waals surface area contributed by atoms with Crippen molar-refractivity contribution in [1.82, 2.24) is 14.6 Å². The number of hydrogen-bond acceptors (Lipinski definition) is 5. The first-order valence-corrected chi connectivity index (χ1v) is 9.85. The van der Waals surface area contributed by atoms with E-state index in [1.54, 1.807) is 16.8 Å². The molecule has 0 spiro atoms. The lowest BCUT2D eigenvalue weighted by molar-refractivity contribution is -0.116. The van der Waals surface area contributed by atoms with Crippen LogP contribution in [0.2, 0.25) is 0 Å². The molecule has 28 heavy (non-hydrogen) atoms. The average molecular weight is 409 g/mol. The third kappa shape index (κ3) is 3.64.